The molecule has 0 aliphatic carbocycles. The molecule has 0 aliphatic heterocycles. The normalized spacial score (nSPS) is 12.1. The fraction of sp³-hybridized carbons (Fsp3) is 0.200. The summed E-state index contributed by atoms with van der Waals surface area (Å²) in [6, 6.07) is 25.4. The Morgan fingerprint density at radius 3 is 1.90 bits per heavy atom. The quantitative estimate of drug-likeness (QED) is 0.569. The Morgan fingerprint density at radius 2 is 1.40 bits per heavy atom. The lowest BCUT2D eigenvalue weighted by atomic mass is 9.75. The summed E-state index contributed by atoms with van der Waals surface area (Å²) in [6.45, 7) is 1.86. The number of rotatable bonds is 7. The van der Waals surface area contributed by atoms with Crippen molar-refractivity contribution in [1.29, 1.82) is 0 Å². The number of halogens is 1. The van der Waals surface area contributed by atoms with E-state index in [2.05, 4.69) is 5.32 Å². The van der Waals surface area contributed by atoms with Crippen molar-refractivity contribution in [3.63, 3.8) is 0 Å². The Morgan fingerprint density at radius 1 is 0.900 bits per heavy atom. The molecule has 3 aromatic rings. The lowest BCUT2D eigenvalue weighted by molar-refractivity contribution is -0.145. The minimum Gasteiger partial charge on any atom is -0.467 e. The molecular formula is C25H24ClNO3. The van der Waals surface area contributed by atoms with Gasteiger partial charge in [-0.15, -0.1) is 0 Å². The summed E-state index contributed by atoms with van der Waals surface area (Å²) in [5.41, 5.74) is 1.43. The Hall–Kier alpha value is -3.11. The van der Waals surface area contributed by atoms with Gasteiger partial charge >= 0.3 is 5.97 Å². The molecule has 0 heterocycles. The molecule has 4 nitrogen and oxygen atoms in total. The molecule has 0 saturated carbocycles. The van der Waals surface area contributed by atoms with Gasteiger partial charge in [-0.1, -0.05) is 90.5 Å². The van der Waals surface area contributed by atoms with Gasteiger partial charge in [-0.2, -0.15) is 0 Å². The third-order valence-corrected chi connectivity index (χ3v) is 5.70. The number of hydrogen-bond donors (Lipinski definition) is 1. The van der Waals surface area contributed by atoms with Gasteiger partial charge in [-0.05, 0) is 29.7 Å². The minimum absolute atomic E-state index is 0.234. The maximum absolute atomic E-state index is 13.6. The van der Waals surface area contributed by atoms with E-state index in [1.165, 1.54) is 7.11 Å². The molecule has 0 spiro atoms. The van der Waals surface area contributed by atoms with Crippen LogP contribution in [-0.2, 0) is 26.2 Å². The molecular weight excluding hydrogens is 398 g/mol. The van der Waals surface area contributed by atoms with Crippen LogP contribution >= 0.6 is 11.6 Å². The first-order valence-electron chi connectivity index (χ1n) is 9.70. The molecule has 3 rings (SSSR count). The van der Waals surface area contributed by atoms with Crippen LogP contribution in [0.5, 0.6) is 0 Å². The topological polar surface area (TPSA) is 55.4 Å². The first-order valence-corrected chi connectivity index (χ1v) is 10.1. The summed E-state index contributed by atoms with van der Waals surface area (Å²) in [4.78, 5) is 26.1. The number of ether oxygens (including phenoxy) is 1. The maximum atomic E-state index is 13.6. The number of carbonyl (C=O) groups is 2. The number of esters is 1. The van der Waals surface area contributed by atoms with Crippen LogP contribution < -0.4 is 5.32 Å². The van der Waals surface area contributed by atoms with E-state index in [1.54, 1.807) is 6.07 Å². The van der Waals surface area contributed by atoms with Crippen LogP contribution in [0.3, 0.4) is 0 Å². The zero-order chi connectivity index (χ0) is 21.6. The second kappa shape index (κ2) is 9.59. The lowest BCUT2D eigenvalue weighted by Crippen LogP contribution is -2.51. The number of methoxy groups -OCH3 is 1. The highest BCUT2D eigenvalue weighted by atomic mass is 35.5. The minimum atomic E-state index is -0.991. The molecule has 0 bridgehead atoms. The number of amides is 1. The molecule has 5 heteroatoms. The second-order valence-corrected chi connectivity index (χ2v) is 7.61. The summed E-state index contributed by atoms with van der Waals surface area (Å²) >= 11 is 6.27. The highest BCUT2D eigenvalue weighted by molar-refractivity contribution is 6.31. The van der Waals surface area contributed by atoms with Gasteiger partial charge < -0.3 is 10.1 Å². The number of nitrogens with one attached hydrogen (secondary N) is 1. The molecule has 0 aromatic heterocycles. The smallest absolute Gasteiger partial charge is 0.328 e. The average Bonchev–Trinajstić information content (AvgIpc) is 2.80. The number of hydrogen-bond acceptors (Lipinski definition) is 3. The van der Waals surface area contributed by atoms with Crippen LogP contribution in [0.25, 0.3) is 0 Å². The van der Waals surface area contributed by atoms with E-state index in [0.29, 0.717) is 5.02 Å². The molecule has 0 saturated heterocycles. The summed E-state index contributed by atoms with van der Waals surface area (Å²) in [5.74, 6) is -0.811. The van der Waals surface area contributed by atoms with Crippen molar-refractivity contribution >= 4 is 23.5 Å². The third-order valence-electron chi connectivity index (χ3n) is 5.33. The fourth-order valence-corrected chi connectivity index (χ4v) is 3.71. The van der Waals surface area contributed by atoms with Crippen molar-refractivity contribution in [1.82, 2.24) is 5.32 Å². The lowest BCUT2D eigenvalue weighted by Gasteiger charge is -2.31. The highest BCUT2D eigenvalue weighted by Crippen LogP contribution is 2.32. The molecule has 30 heavy (non-hydrogen) atoms. The van der Waals surface area contributed by atoms with Crippen molar-refractivity contribution in [2.45, 2.75) is 24.8 Å². The van der Waals surface area contributed by atoms with E-state index in [9.17, 15) is 9.59 Å². The van der Waals surface area contributed by atoms with Crippen molar-refractivity contribution in [2.75, 3.05) is 7.11 Å². The van der Waals surface area contributed by atoms with E-state index in [1.807, 2.05) is 85.8 Å². The molecule has 1 N–H and O–H groups in total. The molecule has 0 fully saturated rings. The Balaban J connectivity index is 1.97. The molecule has 0 aliphatic rings. The summed E-state index contributed by atoms with van der Waals surface area (Å²) < 4.78 is 4.95. The zero-order valence-electron chi connectivity index (χ0n) is 17.0. The third kappa shape index (κ3) is 4.55. The first-order chi connectivity index (χ1) is 14.5. The van der Waals surface area contributed by atoms with Crippen molar-refractivity contribution in [3.8, 4) is 0 Å². The highest BCUT2D eigenvalue weighted by Gasteiger charge is 2.39. The largest absolute Gasteiger partial charge is 0.467 e. The molecule has 3 aromatic carbocycles. The van der Waals surface area contributed by atoms with Gasteiger partial charge in [0, 0.05) is 11.4 Å². The Bertz CT molecular complexity index is 966. The van der Waals surface area contributed by atoms with Gasteiger partial charge in [0.05, 0.1) is 12.5 Å². The van der Waals surface area contributed by atoms with Crippen LogP contribution in [0.15, 0.2) is 84.9 Å². The van der Waals surface area contributed by atoms with Gasteiger partial charge in [-0.3, -0.25) is 4.79 Å². The van der Waals surface area contributed by atoms with Crippen LogP contribution in [0, 0.1) is 0 Å². The molecule has 0 radical (unpaired) electrons. The van der Waals surface area contributed by atoms with E-state index >= 15 is 0 Å². The molecule has 0 unspecified atom stereocenters. The van der Waals surface area contributed by atoms with Crippen molar-refractivity contribution < 1.29 is 14.3 Å². The molecule has 1 atom stereocenters. The van der Waals surface area contributed by atoms with Gasteiger partial charge in [-0.25, -0.2) is 4.79 Å². The van der Waals surface area contributed by atoms with Gasteiger partial charge in [0.1, 0.15) is 6.04 Å². The van der Waals surface area contributed by atoms with Gasteiger partial charge in [0.25, 0.3) is 0 Å². The van der Waals surface area contributed by atoms with Crippen molar-refractivity contribution in [3.05, 3.63) is 107 Å². The van der Waals surface area contributed by atoms with E-state index in [-0.39, 0.29) is 12.3 Å². The Kier molecular flexibility index (Phi) is 6.91. The molecule has 1 amide bonds. The predicted molar refractivity (Wildman–Crippen MR) is 118 cm³/mol. The van der Waals surface area contributed by atoms with Crippen LogP contribution in [0.4, 0.5) is 0 Å². The monoisotopic (exact) mass is 421 g/mol. The van der Waals surface area contributed by atoms with Crippen LogP contribution in [0.1, 0.15) is 23.6 Å². The molecule has 154 valence electrons. The summed E-state index contributed by atoms with van der Waals surface area (Å²) in [7, 11) is 1.31. The van der Waals surface area contributed by atoms with Crippen LogP contribution in [-0.4, -0.2) is 25.0 Å². The summed E-state index contributed by atoms with van der Waals surface area (Å²) in [6.07, 6.45) is 0.234. The van der Waals surface area contributed by atoms with Gasteiger partial charge in [0.15, 0.2) is 0 Å². The number of carbonyl (C=O) groups excluding carboxylic acids is 2. The van der Waals surface area contributed by atoms with E-state index in [0.717, 1.165) is 16.7 Å². The van der Waals surface area contributed by atoms with Crippen LogP contribution in [0.2, 0.25) is 5.02 Å². The van der Waals surface area contributed by atoms with Crippen molar-refractivity contribution in [2.24, 2.45) is 0 Å². The Labute approximate surface area is 181 Å². The SMILES string of the molecule is COC(=O)[C@@H](Cc1ccccc1Cl)NC(=O)C(C)(c1ccccc1)c1ccccc1. The summed E-state index contributed by atoms with van der Waals surface area (Å²) in [5, 5.41) is 3.45. The average molecular weight is 422 g/mol. The predicted octanol–water partition coefficient (Wildman–Crippen LogP) is 4.55. The maximum Gasteiger partial charge on any atom is 0.328 e. The zero-order valence-corrected chi connectivity index (χ0v) is 17.7. The van der Waals surface area contributed by atoms with Gasteiger partial charge in [0.2, 0.25) is 5.91 Å². The van der Waals surface area contributed by atoms with E-state index < -0.39 is 17.4 Å². The van der Waals surface area contributed by atoms with E-state index in [4.69, 9.17) is 16.3 Å². The fourth-order valence-electron chi connectivity index (χ4n) is 3.49. The second-order valence-electron chi connectivity index (χ2n) is 7.20. The number of benzene rings is 3. The first kappa shape index (κ1) is 21.6. The standard InChI is InChI=1S/C25H24ClNO3/c1-25(19-12-5-3-6-13-19,20-14-7-4-8-15-20)24(29)27-22(23(28)30-2)17-18-11-9-10-16-21(18)26/h3-16,22H,17H2,1-2H3,(H,27,29)/t22-/m1/s1.